The fourth-order valence-electron chi connectivity index (χ4n) is 1.51. The number of alkyl halides is 1. The van der Waals surface area contributed by atoms with Gasteiger partial charge in [0.15, 0.2) is 0 Å². The highest BCUT2D eigenvalue weighted by molar-refractivity contribution is 14.1. The predicted molar refractivity (Wildman–Crippen MR) is 78.3 cm³/mol. The van der Waals surface area contributed by atoms with Crippen LogP contribution in [0.3, 0.4) is 0 Å². The summed E-state index contributed by atoms with van der Waals surface area (Å²) in [4.78, 5) is 0. The SMILES string of the molecule is Clc1ccc(I)c(C(Cl)c2ccccc2)c1. The van der Waals surface area contributed by atoms with Crippen molar-refractivity contribution < 1.29 is 0 Å². The standard InChI is InChI=1S/C13H9Cl2I/c14-10-6-7-12(16)11(8-10)13(15)9-4-2-1-3-5-9/h1-8,13H. The molecule has 0 N–H and O–H groups in total. The van der Waals surface area contributed by atoms with Gasteiger partial charge in [-0.15, -0.1) is 11.6 Å². The zero-order valence-corrected chi connectivity index (χ0v) is 12.0. The van der Waals surface area contributed by atoms with Crippen molar-refractivity contribution in [1.82, 2.24) is 0 Å². The third kappa shape index (κ3) is 2.70. The average molecular weight is 363 g/mol. The molecular formula is C13H9Cl2I. The lowest BCUT2D eigenvalue weighted by atomic mass is 10.0. The van der Waals surface area contributed by atoms with Crippen molar-refractivity contribution in [3.8, 4) is 0 Å². The van der Waals surface area contributed by atoms with E-state index in [2.05, 4.69) is 22.6 Å². The molecule has 1 atom stereocenters. The molecule has 0 saturated heterocycles. The van der Waals surface area contributed by atoms with E-state index in [0.717, 1.165) is 19.7 Å². The zero-order chi connectivity index (χ0) is 11.5. The lowest BCUT2D eigenvalue weighted by molar-refractivity contribution is 1.13. The maximum Gasteiger partial charge on any atom is 0.0846 e. The van der Waals surface area contributed by atoms with Crippen molar-refractivity contribution in [2.45, 2.75) is 5.38 Å². The van der Waals surface area contributed by atoms with Gasteiger partial charge in [0, 0.05) is 8.59 Å². The van der Waals surface area contributed by atoms with Gasteiger partial charge in [0.25, 0.3) is 0 Å². The lowest BCUT2D eigenvalue weighted by Crippen LogP contribution is -1.95. The fraction of sp³-hybridized carbons (Fsp3) is 0.0769. The highest BCUT2D eigenvalue weighted by Crippen LogP contribution is 2.33. The molecule has 0 bridgehead atoms. The molecule has 16 heavy (non-hydrogen) atoms. The second-order valence-corrected chi connectivity index (χ2v) is 5.47. The fourth-order valence-corrected chi connectivity index (χ4v) is 2.85. The molecule has 2 rings (SSSR count). The molecule has 2 aromatic rings. The van der Waals surface area contributed by atoms with Crippen LogP contribution in [0.15, 0.2) is 48.5 Å². The van der Waals surface area contributed by atoms with Crippen LogP contribution in [0.2, 0.25) is 5.02 Å². The number of rotatable bonds is 2. The number of hydrogen-bond acceptors (Lipinski definition) is 0. The summed E-state index contributed by atoms with van der Waals surface area (Å²) in [7, 11) is 0. The van der Waals surface area contributed by atoms with Gasteiger partial charge in [-0.3, -0.25) is 0 Å². The van der Waals surface area contributed by atoms with E-state index in [0.29, 0.717) is 0 Å². The first-order valence-electron chi connectivity index (χ1n) is 4.82. The van der Waals surface area contributed by atoms with Crippen molar-refractivity contribution in [3.63, 3.8) is 0 Å². The number of benzene rings is 2. The monoisotopic (exact) mass is 362 g/mol. The minimum absolute atomic E-state index is 0.146. The third-order valence-corrected chi connectivity index (χ3v) is 4.03. The summed E-state index contributed by atoms with van der Waals surface area (Å²) in [6.45, 7) is 0. The molecule has 0 fully saturated rings. The van der Waals surface area contributed by atoms with E-state index in [1.807, 2.05) is 48.5 Å². The van der Waals surface area contributed by atoms with Crippen LogP contribution in [0.4, 0.5) is 0 Å². The molecule has 0 radical (unpaired) electrons. The first-order valence-corrected chi connectivity index (χ1v) is 6.72. The Bertz CT molecular complexity index is 483. The van der Waals surface area contributed by atoms with Crippen LogP contribution in [0, 0.1) is 3.57 Å². The molecular weight excluding hydrogens is 354 g/mol. The van der Waals surface area contributed by atoms with Crippen LogP contribution in [-0.4, -0.2) is 0 Å². The van der Waals surface area contributed by atoms with E-state index in [1.165, 1.54) is 0 Å². The number of halogens is 3. The molecule has 0 aliphatic rings. The smallest absolute Gasteiger partial charge is 0.0846 e. The Morgan fingerprint density at radius 3 is 2.38 bits per heavy atom. The van der Waals surface area contributed by atoms with Gasteiger partial charge in [0.05, 0.1) is 5.38 Å². The molecule has 0 amide bonds. The van der Waals surface area contributed by atoms with Crippen molar-refractivity contribution in [2.24, 2.45) is 0 Å². The first-order chi connectivity index (χ1) is 7.68. The van der Waals surface area contributed by atoms with Crippen LogP contribution in [0.5, 0.6) is 0 Å². The van der Waals surface area contributed by atoms with Crippen molar-refractivity contribution in [1.29, 1.82) is 0 Å². The summed E-state index contributed by atoms with van der Waals surface area (Å²) in [6.07, 6.45) is 0. The summed E-state index contributed by atoms with van der Waals surface area (Å²) in [6, 6.07) is 15.8. The van der Waals surface area contributed by atoms with Crippen LogP contribution < -0.4 is 0 Å². The topological polar surface area (TPSA) is 0 Å². The minimum atomic E-state index is -0.146. The van der Waals surface area contributed by atoms with Gasteiger partial charge >= 0.3 is 0 Å². The van der Waals surface area contributed by atoms with Crippen molar-refractivity contribution in [3.05, 3.63) is 68.3 Å². The molecule has 1 unspecified atom stereocenters. The van der Waals surface area contributed by atoms with Crippen LogP contribution in [-0.2, 0) is 0 Å². The van der Waals surface area contributed by atoms with Crippen LogP contribution >= 0.6 is 45.8 Å². The molecule has 0 nitrogen and oxygen atoms in total. The van der Waals surface area contributed by atoms with E-state index in [9.17, 15) is 0 Å². The molecule has 82 valence electrons. The van der Waals surface area contributed by atoms with Gasteiger partial charge in [-0.2, -0.15) is 0 Å². The highest BCUT2D eigenvalue weighted by Gasteiger charge is 2.13. The Labute approximate surface area is 119 Å². The Balaban J connectivity index is 2.41. The Kier molecular flexibility index (Phi) is 4.11. The molecule has 2 aromatic carbocycles. The normalized spacial score (nSPS) is 12.4. The van der Waals surface area contributed by atoms with E-state index < -0.39 is 0 Å². The first kappa shape index (κ1) is 12.2. The van der Waals surface area contributed by atoms with Gasteiger partial charge < -0.3 is 0 Å². The summed E-state index contributed by atoms with van der Waals surface area (Å²) < 4.78 is 1.13. The largest absolute Gasteiger partial charge is 0.113 e. The summed E-state index contributed by atoms with van der Waals surface area (Å²) >= 11 is 14.7. The van der Waals surface area contributed by atoms with Crippen LogP contribution in [0.1, 0.15) is 16.5 Å². The summed E-state index contributed by atoms with van der Waals surface area (Å²) in [5.41, 5.74) is 2.14. The Morgan fingerprint density at radius 1 is 1.00 bits per heavy atom. The number of hydrogen-bond donors (Lipinski definition) is 0. The molecule has 0 aliphatic carbocycles. The zero-order valence-electron chi connectivity index (χ0n) is 8.33. The Hall–Kier alpha value is -0.250. The van der Waals surface area contributed by atoms with E-state index >= 15 is 0 Å². The van der Waals surface area contributed by atoms with E-state index in [1.54, 1.807) is 0 Å². The van der Waals surface area contributed by atoms with E-state index in [-0.39, 0.29) is 5.38 Å². The third-order valence-electron chi connectivity index (χ3n) is 2.32. The summed E-state index contributed by atoms with van der Waals surface area (Å²) in [5, 5.41) is 0.573. The summed E-state index contributed by atoms with van der Waals surface area (Å²) in [5.74, 6) is 0. The minimum Gasteiger partial charge on any atom is -0.113 e. The van der Waals surface area contributed by atoms with Gasteiger partial charge in [-0.1, -0.05) is 41.9 Å². The second kappa shape index (κ2) is 5.39. The Morgan fingerprint density at radius 2 is 1.69 bits per heavy atom. The molecule has 0 aliphatic heterocycles. The van der Waals surface area contributed by atoms with E-state index in [4.69, 9.17) is 23.2 Å². The van der Waals surface area contributed by atoms with Gasteiger partial charge in [-0.05, 0) is 51.9 Å². The van der Waals surface area contributed by atoms with Crippen molar-refractivity contribution in [2.75, 3.05) is 0 Å². The quantitative estimate of drug-likeness (QED) is 0.504. The van der Waals surface area contributed by atoms with Crippen molar-refractivity contribution >= 4 is 45.8 Å². The highest BCUT2D eigenvalue weighted by atomic mass is 127. The predicted octanol–water partition coefficient (Wildman–Crippen LogP) is 5.27. The van der Waals surface area contributed by atoms with Crippen LogP contribution in [0.25, 0.3) is 0 Å². The maximum atomic E-state index is 6.45. The van der Waals surface area contributed by atoms with Gasteiger partial charge in [0.1, 0.15) is 0 Å². The molecule has 0 aromatic heterocycles. The molecule has 0 spiro atoms. The molecule has 0 saturated carbocycles. The average Bonchev–Trinajstić information content (AvgIpc) is 2.32. The van der Waals surface area contributed by atoms with Gasteiger partial charge in [0.2, 0.25) is 0 Å². The molecule has 0 heterocycles. The molecule has 3 heteroatoms. The second-order valence-electron chi connectivity index (χ2n) is 3.44. The lowest BCUT2D eigenvalue weighted by Gasteiger charge is -2.12. The maximum absolute atomic E-state index is 6.45. The van der Waals surface area contributed by atoms with Gasteiger partial charge in [-0.25, -0.2) is 0 Å².